The lowest BCUT2D eigenvalue weighted by atomic mass is 9.84. The largest absolute Gasteiger partial charge is 0.388 e. The van der Waals surface area contributed by atoms with E-state index < -0.39 is 91.7 Å². The van der Waals surface area contributed by atoms with Gasteiger partial charge in [0.05, 0.1) is 25.9 Å². The molecular formula is C40H52N4O11. The number of rotatable bonds is 12. The Morgan fingerprint density at radius 3 is 1.69 bits per heavy atom. The smallest absolute Gasteiger partial charge is 0.187 e. The van der Waals surface area contributed by atoms with Crippen molar-refractivity contribution in [1.29, 1.82) is 0 Å². The minimum atomic E-state index is -1.67. The van der Waals surface area contributed by atoms with E-state index in [2.05, 4.69) is 0 Å². The van der Waals surface area contributed by atoms with Crippen molar-refractivity contribution in [3.05, 3.63) is 96.1 Å². The van der Waals surface area contributed by atoms with E-state index >= 15 is 0 Å². The molecule has 13 N–H and O–H groups in total. The van der Waals surface area contributed by atoms with Crippen molar-refractivity contribution >= 4 is 21.5 Å². The number of hydrogen-bond donors (Lipinski definition) is 9. The van der Waals surface area contributed by atoms with Crippen LogP contribution in [0.25, 0.3) is 21.5 Å². The van der Waals surface area contributed by atoms with Gasteiger partial charge in [-0.25, -0.2) is 0 Å². The van der Waals surface area contributed by atoms with Crippen LogP contribution in [0.15, 0.2) is 84.9 Å². The molecule has 55 heavy (non-hydrogen) atoms. The highest BCUT2D eigenvalue weighted by Gasteiger charge is 2.52. The number of fused-ring (bicyclic) bond motifs is 2. The molecule has 15 heteroatoms. The van der Waals surface area contributed by atoms with Gasteiger partial charge in [-0.15, -0.1) is 0 Å². The molecule has 0 amide bonds. The average Bonchev–Trinajstić information content (AvgIpc) is 3.19. The average molecular weight is 765 g/mol. The van der Waals surface area contributed by atoms with Gasteiger partial charge in [-0.05, 0) is 39.1 Å². The molecule has 1 saturated carbocycles. The van der Waals surface area contributed by atoms with E-state index in [0.29, 0.717) is 0 Å². The highest BCUT2D eigenvalue weighted by Crippen LogP contribution is 2.33. The standard InChI is InChI=1S/C40H52N4O11/c41-16-28-31(45)33(47)34(48)40(52-28)55-37-27(43)15-26(42)36(35(37)49)54-39-32(46)30(44)38(51-18-23-12-6-10-21-8-2-4-14-25(21)23)29(53-39)19-50-17-22-11-5-9-20-7-1-3-13-24(20)22/h1-14,26-40,45-49H,15-19,41-44H2/t26-,27+,28-,29-,30-,31-,32-,33+,34-,35-,36+,37-,38-,39+,40-/m1/s1. The molecule has 0 radical (unpaired) electrons. The predicted octanol–water partition coefficient (Wildman–Crippen LogP) is -0.536. The van der Waals surface area contributed by atoms with Gasteiger partial charge in [-0.2, -0.15) is 0 Å². The zero-order chi connectivity index (χ0) is 38.8. The van der Waals surface area contributed by atoms with Gasteiger partial charge in [0.15, 0.2) is 12.6 Å². The van der Waals surface area contributed by atoms with Crippen molar-refractivity contribution in [2.45, 2.75) is 111 Å². The maximum Gasteiger partial charge on any atom is 0.187 e. The number of aliphatic hydroxyl groups is 5. The molecule has 4 aromatic rings. The Labute approximate surface area is 318 Å². The quantitative estimate of drug-likeness (QED) is 0.0878. The third-order valence-corrected chi connectivity index (χ3v) is 11.0. The summed E-state index contributed by atoms with van der Waals surface area (Å²) in [6, 6.07) is 25.2. The Morgan fingerprint density at radius 2 is 1.09 bits per heavy atom. The van der Waals surface area contributed by atoms with Crippen molar-refractivity contribution in [2.24, 2.45) is 22.9 Å². The summed E-state index contributed by atoms with van der Waals surface area (Å²) in [6.07, 6.45) is -15.6. The summed E-state index contributed by atoms with van der Waals surface area (Å²) < 4.78 is 36.9. The lowest BCUT2D eigenvalue weighted by molar-refractivity contribution is -0.334. The summed E-state index contributed by atoms with van der Waals surface area (Å²) in [4.78, 5) is 0. The van der Waals surface area contributed by atoms with E-state index in [1.807, 2.05) is 84.9 Å². The second kappa shape index (κ2) is 17.5. The van der Waals surface area contributed by atoms with E-state index in [1.165, 1.54) is 0 Å². The normalized spacial score (nSPS) is 37.0. The van der Waals surface area contributed by atoms with Crippen LogP contribution in [0.2, 0.25) is 0 Å². The summed E-state index contributed by atoms with van der Waals surface area (Å²) >= 11 is 0. The Morgan fingerprint density at radius 1 is 0.564 bits per heavy atom. The second-order valence-corrected chi connectivity index (χ2v) is 14.7. The number of nitrogens with two attached hydrogens (primary N) is 4. The molecule has 0 bridgehead atoms. The first-order valence-electron chi connectivity index (χ1n) is 18.7. The fourth-order valence-corrected chi connectivity index (χ4v) is 7.90. The topological polar surface area (TPSA) is 261 Å². The fourth-order valence-electron chi connectivity index (χ4n) is 7.90. The fraction of sp³-hybridized carbons (Fsp3) is 0.500. The predicted molar refractivity (Wildman–Crippen MR) is 201 cm³/mol. The van der Waals surface area contributed by atoms with E-state index in [9.17, 15) is 25.5 Å². The van der Waals surface area contributed by atoms with Crippen molar-refractivity contribution in [3.63, 3.8) is 0 Å². The molecule has 15 nitrogen and oxygen atoms in total. The lowest BCUT2D eigenvalue weighted by Gasteiger charge is -2.48. The molecule has 0 spiro atoms. The zero-order valence-electron chi connectivity index (χ0n) is 30.3. The maximum atomic E-state index is 11.6. The summed E-state index contributed by atoms with van der Waals surface area (Å²) in [6.45, 7) is 0.288. The van der Waals surface area contributed by atoms with E-state index in [1.54, 1.807) is 0 Å². The Balaban J connectivity index is 1.08. The minimum Gasteiger partial charge on any atom is -0.388 e. The van der Waals surface area contributed by atoms with Crippen molar-refractivity contribution in [3.8, 4) is 0 Å². The van der Waals surface area contributed by atoms with Gasteiger partial charge < -0.3 is 76.9 Å². The molecule has 15 atom stereocenters. The monoisotopic (exact) mass is 764 g/mol. The summed E-state index contributed by atoms with van der Waals surface area (Å²) in [5.74, 6) is 0. The molecule has 7 rings (SSSR count). The first kappa shape index (κ1) is 40.0. The van der Waals surface area contributed by atoms with Crippen LogP contribution in [-0.2, 0) is 41.6 Å². The summed E-state index contributed by atoms with van der Waals surface area (Å²) in [5.41, 5.74) is 27.1. The molecule has 298 valence electrons. The van der Waals surface area contributed by atoms with E-state index in [-0.39, 0.29) is 32.8 Å². The molecule has 0 unspecified atom stereocenters. The van der Waals surface area contributed by atoms with Crippen LogP contribution in [0.5, 0.6) is 0 Å². The Hall–Kier alpha value is -3.20. The van der Waals surface area contributed by atoms with Crippen LogP contribution in [0.4, 0.5) is 0 Å². The highest BCUT2D eigenvalue weighted by molar-refractivity contribution is 5.86. The Kier molecular flexibility index (Phi) is 12.7. The molecule has 3 aliphatic rings. The molecule has 0 aromatic heterocycles. The SMILES string of the molecule is NC[C@H]1O[C@H](O[C@H]2[C@H](O)[C@@H](O[C@@H]3O[C@H](COCc4cccc5ccccc45)[C@@H](OCc4cccc5ccccc45)[C@H](N)[C@H]3O)[C@H](N)C[C@@H]2N)[C@H](O)[C@@H](O)[C@@H]1O. The molecule has 2 heterocycles. The van der Waals surface area contributed by atoms with Crippen molar-refractivity contribution < 1.29 is 54.0 Å². The van der Waals surface area contributed by atoms with Crippen LogP contribution in [0, 0.1) is 0 Å². The highest BCUT2D eigenvalue weighted by atomic mass is 16.7. The first-order chi connectivity index (χ1) is 26.5. The molecule has 2 aliphatic heterocycles. The third kappa shape index (κ3) is 8.43. The van der Waals surface area contributed by atoms with E-state index in [0.717, 1.165) is 32.7 Å². The van der Waals surface area contributed by atoms with Crippen molar-refractivity contribution in [2.75, 3.05) is 13.2 Å². The first-order valence-corrected chi connectivity index (χ1v) is 18.7. The van der Waals surface area contributed by atoms with Gasteiger partial charge in [0.1, 0.15) is 61.0 Å². The second-order valence-electron chi connectivity index (χ2n) is 14.7. The van der Waals surface area contributed by atoms with Crippen LogP contribution in [0.3, 0.4) is 0 Å². The minimum absolute atomic E-state index is 0.0208. The zero-order valence-corrected chi connectivity index (χ0v) is 30.3. The molecule has 4 aromatic carbocycles. The van der Waals surface area contributed by atoms with Crippen LogP contribution in [-0.4, -0.2) is 130 Å². The van der Waals surface area contributed by atoms with Crippen LogP contribution >= 0.6 is 0 Å². The number of ether oxygens (including phenoxy) is 6. The van der Waals surface area contributed by atoms with Gasteiger partial charge in [-0.1, -0.05) is 84.9 Å². The van der Waals surface area contributed by atoms with Crippen LogP contribution < -0.4 is 22.9 Å². The van der Waals surface area contributed by atoms with Gasteiger partial charge in [0.2, 0.25) is 0 Å². The van der Waals surface area contributed by atoms with Gasteiger partial charge >= 0.3 is 0 Å². The van der Waals surface area contributed by atoms with Crippen molar-refractivity contribution in [1.82, 2.24) is 0 Å². The number of hydrogen-bond acceptors (Lipinski definition) is 15. The number of aliphatic hydroxyl groups excluding tert-OH is 5. The summed E-state index contributed by atoms with van der Waals surface area (Å²) in [5, 5.41) is 58.6. The van der Waals surface area contributed by atoms with E-state index in [4.69, 9.17) is 51.4 Å². The third-order valence-electron chi connectivity index (χ3n) is 11.0. The Bertz CT molecular complexity index is 1860. The maximum absolute atomic E-state index is 11.6. The lowest BCUT2D eigenvalue weighted by Crippen LogP contribution is -2.68. The van der Waals surface area contributed by atoms with Crippen LogP contribution in [0.1, 0.15) is 17.5 Å². The molecule has 1 aliphatic carbocycles. The van der Waals surface area contributed by atoms with Gasteiger partial charge in [0, 0.05) is 18.6 Å². The van der Waals surface area contributed by atoms with Gasteiger partial charge in [-0.3, -0.25) is 0 Å². The van der Waals surface area contributed by atoms with Gasteiger partial charge in [0.25, 0.3) is 0 Å². The molecular weight excluding hydrogens is 712 g/mol. The molecule has 3 fully saturated rings. The molecule has 2 saturated heterocycles. The number of benzene rings is 4. The summed E-state index contributed by atoms with van der Waals surface area (Å²) in [7, 11) is 0.